The number of hydrogen-bond donors (Lipinski definition) is 1. The fourth-order valence-electron chi connectivity index (χ4n) is 3.13. The molecule has 140 valence electrons. The zero-order valence-electron chi connectivity index (χ0n) is 14.7. The topological polar surface area (TPSA) is 55.1 Å². The maximum absolute atomic E-state index is 13.3. The average molecular weight is 395 g/mol. The average Bonchev–Trinajstić information content (AvgIpc) is 2.71. The molecule has 3 aromatic carbocycles. The maximum Gasteiger partial charge on any atom is 0.274 e. The van der Waals surface area contributed by atoms with E-state index in [0.29, 0.717) is 32.6 Å². The molecule has 0 radical (unpaired) electrons. The molecule has 0 bridgehead atoms. The van der Waals surface area contributed by atoms with E-state index >= 15 is 0 Å². The molecule has 0 aliphatic heterocycles. The standard InChI is InChI=1S/C22H16ClFN2O2/c23-16-9-5-14(6-10-16)20(27)13-26-22(28)19-4-2-1-3-18(19)21(25-26)15-7-11-17(24)12-8-15/h1-12,20,27H,13H2. The minimum Gasteiger partial charge on any atom is -0.386 e. The molecule has 1 aromatic heterocycles. The van der Waals surface area contributed by atoms with Crippen molar-refractivity contribution in [2.24, 2.45) is 0 Å². The number of fused-ring (bicyclic) bond motifs is 1. The van der Waals surface area contributed by atoms with Gasteiger partial charge in [0.25, 0.3) is 5.56 Å². The van der Waals surface area contributed by atoms with Crippen LogP contribution in [-0.2, 0) is 6.54 Å². The van der Waals surface area contributed by atoms with Crippen molar-refractivity contribution in [1.82, 2.24) is 9.78 Å². The minimum atomic E-state index is -0.926. The summed E-state index contributed by atoms with van der Waals surface area (Å²) in [6.07, 6.45) is -0.926. The van der Waals surface area contributed by atoms with Crippen LogP contribution in [0.1, 0.15) is 11.7 Å². The molecular weight excluding hydrogens is 379 g/mol. The summed E-state index contributed by atoms with van der Waals surface area (Å²) in [5.41, 5.74) is 1.58. The van der Waals surface area contributed by atoms with E-state index in [0.717, 1.165) is 0 Å². The molecule has 4 aromatic rings. The predicted molar refractivity (Wildman–Crippen MR) is 108 cm³/mol. The van der Waals surface area contributed by atoms with Gasteiger partial charge >= 0.3 is 0 Å². The van der Waals surface area contributed by atoms with Gasteiger partial charge in [0, 0.05) is 16.0 Å². The zero-order chi connectivity index (χ0) is 19.7. The highest BCUT2D eigenvalue weighted by atomic mass is 35.5. The van der Waals surface area contributed by atoms with Crippen LogP contribution in [0.25, 0.3) is 22.0 Å². The van der Waals surface area contributed by atoms with Crippen LogP contribution in [0.5, 0.6) is 0 Å². The Morgan fingerprint density at radius 1 is 0.964 bits per heavy atom. The quantitative estimate of drug-likeness (QED) is 0.550. The molecule has 0 amide bonds. The first-order chi connectivity index (χ1) is 13.5. The lowest BCUT2D eigenvalue weighted by molar-refractivity contribution is 0.150. The van der Waals surface area contributed by atoms with Crippen LogP contribution in [0.15, 0.2) is 77.6 Å². The van der Waals surface area contributed by atoms with Gasteiger partial charge in [0.05, 0.1) is 23.7 Å². The molecule has 0 fully saturated rings. The van der Waals surface area contributed by atoms with Crippen LogP contribution >= 0.6 is 11.6 Å². The van der Waals surface area contributed by atoms with E-state index in [-0.39, 0.29) is 17.9 Å². The molecule has 1 heterocycles. The van der Waals surface area contributed by atoms with Crippen molar-refractivity contribution >= 4 is 22.4 Å². The van der Waals surface area contributed by atoms with Crippen LogP contribution < -0.4 is 5.56 Å². The minimum absolute atomic E-state index is 0.0144. The summed E-state index contributed by atoms with van der Waals surface area (Å²) in [6.45, 7) is -0.0144. The van der Waals surface area contributed by atoms with Crippen molar-refractivity contribution in [3.63, 3.8) is 0 Å². The number of benzene rings is 3. The van der Waals surface area contributed by atoms with Gasteiger partial charge in [-0.3, -0.25) is 4.79 Å². The SMILES string of the molecule is O=c1c2ccccc2c(-c2ccc(F)cc2)nn1CC(O)c1ccc(Cl)cc1. The van der Waals surface area contributed by atoms with Crippen molar-refractivity contribution in [2.75, 3.05) is 0 Å². The molecule has 4 nitrogen and oxygen atoms in total. The second kappa shape index (κ2) is 7.54. The lowest BCUT2D eigenvalue weighted by Gasteiger charge is -2.15. The van der Waals surface area contributed by atoms with Gasteiger partial charge in [-0.25, -0.2) is 9.07 Å². The lowest BCUT2D eigenvalue weighted by Crippen LogP contribution is -2.26. The van der Waals surface area contributed by atoms with Crippen molar-refractivity contribution in [3.8, 4) is 11.3 Å². The summed E-state index contributed by atoms with van der Waals surface area (Å²) in [6, 6.07) is 19.8. The van der Waals surface area contributed by atoms with E-state index in [1.54, 1.807) is 48.5 Å². The highest BCUT2D eigenvalue weighted by molar-refractivity contribution is 6.30. The fourth-order valence-corrected chi connectivity index (χ4v) is 3.26. The van der Waals surface area contributed by atoms with E-state index in [2.05, 4.69) is 5.10 Å². The molecule has 1 atom stereocenters. The first kappa shape index (κ1) is 18.3. The smallest absolute Gasteiger partial charge is 0.274 e. The van der Waals surface area contributed by atoms with Gasteiger partial charge in [-0.15, -0.1) is 0 Å². The van der Waals surface area contributed by atoms with Crippen LogP contribution in [0, 0.1) is 5.82 Å². The second-order valence-corrected chi connectivity index (χ2v) is 6.89. The summed E-state index contributed by atoms with van der Waals surface area (Å²) < 4.78 is 14.6. The first-order valence-corrected chi connectivity index (χ1v) is 9.10. The Labute approximate surface area is 165 Å². The van der Waals surface area contributed by atoms with Crippen LogP contribution in [0.2, 0.25) is 5.02 Å². The number of halogens is 2. The van der Waals surface area contributed by atoms with Gasteiger partial charge in [0.1, 0.15) is 5.82 Å². The van der Waals surface area contributed by atoms with Gasteiger partial charge in [0.2, 0.25) is 0 Å². The number of aliphatic hydroxyl groups is 1. The van der Waals surface area contributed by atoms with Crippen molar-refractivity contribution in [3.05, 3.63) is 99.6 Å². The zero-order valence-corrected chi connectivity index (χ0v) is 15.5. The molecule has 4 rings (SSSR count). The summed E-state index contributed by atoms with van der Waals surface area (Å²) in [4.78, 5) is 12.9. The monoisotopic (exact) mass is 394 g/mol. The number of hydrogen-bond acceptors (Lipinski definition) is 3. The lowest BCUT2D eigenvalue weighted by atomic mass is 10.0. The van der Waals surface area contributed by atoms with Gasteiger partial charge < -0.3 is 5.11 Å². The van der Waals surface area contributed by atoms with Gasteiger partial charge in [-0.1, -0.05) is 41.9 Å². The Bertz CT molecular complexity index is 1190. The van der Waals surface area contributed by atoms with Gasteiger partial charge in [0.15, 0.2) is 0 Å². The summed E-state index contributed by atoms with van der Waals surface area (Å²) >= 11 is 5.89. The number of aromatic nitrogens is 2. The third kappa shape index (κ3) is 3.54. The van der Waals surface area contributed by atoms with E-state index < -0.39 is 6.10 Å². The largest absolute Gasteiger partial charge is 0.386 e. The highest BCUT2D eigenvalue weighted by Crippen LogP contribution is 2.25. The third-order valence-electron chi connectivity index (χ3n) is 4.59. The molecule has 28 heavy (non-hydrogen) atoms. The molecule has 0 aliphatic rings. The maximum atomic E-state index is 13.3. The second-order valence-electron chi connectivity index (χ2n) is 6.46. The first-order valence-electron chi connectivity index (χ1n) is 8.72. The number of nitrogens with zero attached hydrogens (tertiary/aromatic N) is 2. The van der Waals surface area contributed by atoms with Crippen molar-refractivity contribution in [2.45, 2.75) is 12.6 Å². The molecule has 0 aliphatic carbocycles. The van der Waals surface area contributed by atoms with Crippen LogP contribution in [0.3, 0.4) is 0 Å². The highest BCUT2D eigenvalue weighted by Gasteiger charge is 2.15. The third-order valence-corrected chi connectivity index (χ3v) is 4.84. The molecule has 0 saturated heterocycles. The fraction of sp³-hybridized carbons (Fsp3) is 0.0909. The van der Waals surface area contributed by atoms with Crippen LogP contribution in [0.4, 0.5) is 4.39 Å². The van der Waals surface area contributed by atoms with E-state index in [9.17, 15) is 14.3 Å². The van der Waals surface area contributed by atoms with Crippen molar-refractivity contribution in [1.29, 1.82) is 0 Å². The Morgan fingerprint density at radius 2 is 1.61 bits per heavy atom. The van der Waals surface area contributed by atoms with Gasteiger partial charge in [-0.05, 0) is 48.0 Å². The molecule has 0 saturated carbocycles. The Morgan fingerprint density at radius 3 is 2.29 bits per heavy atom. The van der Waals surface area contributed by atoms with Crippen LogP contribution in [-0.4, -0.2) is 14.9 Å². The summed E-state index contributed by atoms with van der Waals surface area (Å²) in [5.74, 6) is -0.348. The Hall–Kier alpha value is -3.02. The molecule has 6 heteroatoms. The number of aliphatic hydroxyl groups excluding tert-OH is 1. The van der Waals surface area contributed by atoms with Gasteiger partial charge in [-0.2, -0.15) is 5.10 Å². The Balaban J connectivity index is 1.82. The molecule has 0 spiro atoms. The van der Waals surface area contributed by atoms with E-state index in [1.165, 1.54) is 16.8 Å². The Kier molecular flexibility index (Phi) is 4.94. The molecule has 1 unspecified atom stereocenters. The number of rotatable bonds is 4. The summed E-state index contributed by atoms with van der Waals surface area (Å²) in [5, 5.41) is 16.8. The molecule has 1 N–H and O–H groups in total. The van der Waals surface area contributed by atoms with E-state index in [1.807, 2.05) is 12.1 Å². The van der Waals surface area contributed by atoms with Crippen molar-refractivity contribution < 1.29 is 9.50 Å². The molecular formula is C22H16ClFN2O2. The van der Waals surface area contributed by atoms with E-state index in [4.69, 9.17) is 11.6 Å². The summed E-state index contributed by atoms with van der Waals surface area (Å²) in [7, 11) is 0. The predicted octanol–water partition coefficient (Wildman–Crippen LogP) is 4.59. The normalized spacial score (nSPS) is 12.2.